The molecule has 0 spiro atoms. The molecule has 0 aliphatic rings. The number of pyridine rings is 1. The van der Waals surface area contributed by atoms with Gasteiger partial charge in [0.1, 0.15) is 4.90 Å². The summed E-state index contributed by atoms with van der Waals surface area (Å²) < 4.78 is 55.3. The van der Waals surface area contributed by atoms with Gasteiger partial charge in [-0.15, -0.1) is 0 Å². The van der Waals surface area contributed by atoms with Gasteiger partial charge in [-0.1, -0.05) is 6.07 Å². The van der Waals surface area contributed by atoms with Crippen LogP contribution in [-0.4, -0.2) is 23.2 Å². The second kappa shape index (κ2) is 5.76. The van der Waals surface area contributed by atoms with Gasteiger partial charge in [0.25, 0.3) is 10.0 Å². The lowest BCUT2D eigenvalue weighted by Crippen LogP contribution is -2.17. The third kappa shape index (κ3) is 2.90. The van der Waals surface area contributed by atoms with Crippen molar-refractivity contribution < 1.29 is 17.2 Å². The molecule has 3 aromatic rings. The first kappa shape index (κ1) is 15.1. The summed E-state index contributed by atoms with van der Waals surface area (Å²) in [6.45, 7) is 0. The van der Waals surface area contributed by atoms with Crippen molar-refractivity contribution >= 4 is 15.7 Å². The molecule has 0 saturated heterocycles. The Morgan fingerprint density at radius 1 is 1.09 bits per heavy atom. The number of nitrogens with one attached hydrogen (secondary N) is 1. The van der Waals surface area contributed by atoms with E-state index in [1.54, 1.807) is 12.3 Å². The number of hydrogen-bond acceptors (Lipinski definition) is 4. The van der Waals surface area contributed by atoms with E-state index in [0.29, 0.717) is 5.69 Å². The molecule has 0 fully saturated rings. The maximum Gasteiger partial charge on any atom is 0.265 e. The van der Waals surface area contributed by atoms with Crippen molar-refractivity contribution in [3.05, 3.63) is 66.8 Å². The second-order valence-corrected chi connectivity index (χ2v) is 6.15. The molecule has 0 radical (unpaired) electrons. The van der Waals surface area contributed by atoms with Gasteiger partial charge in [0.2, 0.25) is 0 Å². The van der Waals surface area contributed by atoms with Crippen LogP contribution >= 0.6 is 0 Å². The summed E-state index contributed by atoms with van der Waals surface area (Å²) in [5, 5.41) is 4.00. The third-order valence-corrected chi connectivity index (χ3v) is 4.38. The molecule has 0 bridgehead atoms. The van der Waals surface area contributed by atoms with Crippen LogP contribution in [0.2, 0.25) is 0 Å². The lowest BCUT2D eigenvalue weighted by molar-refractivity contribution is 0.485. The fourth-order valence-corrected chi connectivity index (χ4v) is 3.12. The molecule has 3 rings (SSSR count). The van der Waals surface area contributed by atoms with Crippen LogP contribution in [0, 0.1) is 11.6 Å². The van der Waals surface area contributed by atoms with E-state index in [9.17, 15) is 17.2 Å². The van der Waals surface area contributed by atoms with Crippen LogP contribution < -0.4 is 4.72 Å². The summed E-state index contributed by atoms with van der Waals surface area (Å²) in [6, 6.07) is 6.13. The molecule has 0 saturated carbocycles. The Kier molecular flexibility index (Phi) is 3.78. The number of aromatic nitrogens is 3. The number of benzene rings is 1. The zero-order chi connectivity index (χ0) is 16.4. The van der Waals surface area contributed by atoms with E-state index in [0.717, 1.165) is 18.2 Å². The van der Waals surface area contributed by atoms with Gasteiger partial charge < -0.3 is 0 Å². The first-order valence-corrected chi connectivity index (χ1v) is 7.88. The van der Waals surface area contributed by atoms with Crippen LogP contribution in [0.15, 0.2) is 60.0 Å². The molecule has 0 amide bonds. The average molecular weight is 336 g/mol. The molecule has 0 atom stereocenters. The van der Waals surface area contributed by atoms with E-state index in [1.807, 2.05) is 0 Å². The number of rotatable bonds is 4. The van der Waals surface area contributed by atoms with Gasteiger partial charge >= 0.3 is 0 Å². The predicted molar refractivity (Wildman–Crippen MR) is 78.5 cm³/mol. The van der Waals surface area contributed by atoms with Crippen LogP contribution in [0.5, 0.6) is 0 Å². The standard InChI is InChI=1S/C14H10F2N4O2S/c15-10-3-1-4-13(14(10)16)23(21,22)19-11-9-17-7-5-12(11)20-8-2-6-18-20/h1-9,19H. The minimum atomic E-state index is -4.33. The van der Waals surface area contributed by atoms with Crippen LogP contribution in [0.4, 0.5) is 14.5 Å². The average Bonchev–Trinajstić information content (AvgIpc) is 3.04. The summed E-state index contributed by atoms with van der Waals surface area (Å²) in [5.41, 5.74) is 0.477. The van der Waals surface area contributed by atoms with Crippen LogP contribution in [0.3, 0.4) is 0 Å². The Labute approximate surface area is 130 Å². The van der Waals surface area contributed by atoms with Crippen molar-refractivity contribution in [2.45, 2.75) is 4.90 Å². The van der Waals surface area contributed by atoms with E-state index >= 15 is 0 Å². The second-order valence-electron chi connectivity index (χ2n) is 4.50. The van der Waals surface area contributed by atoms with Gasteiger partial charge in [0.05, 0.1) is 17.6 Å². The summed E-state index contributed by atoms with van der Waals surface area (Å²) in [7, 11) is -4.33. The highest BCUT2D eigenvalue weighted by molar-refractivity contribution is 7.92. The highest BCUT2D eigenvalue weighted by atomic mass is 32.2. The molecule has 23 heavy (non-hydrogen) atoms. The Hall–Kier alpha value is -2.81. The van der Waals surface area contributed by atoms with Crippen molar-refractivity contribution in [2.24, 2.45) is 0 Å². The molecule has 0 aliphatic carbocycles. The minimum Gasteiger partial charge on any atom is -0.276 e. The zero-order valence-corrected chi connectivity index (χ0v) is 12.3. The van der Waals surface area contributed by atoms with Crippen LogP contribution in [-0.2, 0) is 10.0 Å². The van der Waals surface area contributed by atoms with Crippen molar-refractivity contribution in [1.82, 2.24) is 14.8 Å². The highest BCUT2D eigenvalue weighted by Crippen LogP contribution is 2.24. The van der Waals surface area contributed by atoms with Crippen LogP contribution in [0.25, 0.3) is 5.69 Å². The third-order valence-electron chi connectivity index (χ3n) is 3.00. The number of hydrogen-bond donors (Lipinski definition) is 1. The molecule has 2 aromatic heterocycles. The fraction of sp³-hybridized carbons (Fsp3) is 0. The van der Waals surface area contributed by atoms with Gasteiger partial charge in [0, 0.05) is 18.6 Å². The largest absolute Gasteiger partial charge is 0.276 e. The summed E-state index contributed by atoms with van der Waals surface area (Å²) in [6.07, 6.45) is 5.84. The van der Waals surface area contributed by atoms with E-state index in [2.05, 4.69) is 14.8 Å². The molecule has 9 heteroatoms. The van der Waals surface area contributed by atoms with Crippen molar-refractivity contribution in [2.75, 3.05) is 4.72 Å². The van der Waals surface area contributed by atoms with E-state index in [1.165, 1.54) is 29.3 Å². The summed E-state index contributed by atoms with van der Waals surface area (Å²) in [4.78, 5) is 3.05. The maximum atomic E-state index is 13.7. The Morgan fingerprint density at radius 3 is 2.65 bits per heavy atom. The first-order valence-electron chi connectivity index (χ1n) is 6.40. The molecule has 118 valence electrons. The van der Waals surface area contributed by atoms with Crippen molar-refractivity contribution in [1.29, 1.82) is 0 Å². The molecular formula is C14H10F2N4O2S. The first-order chi connectivity index (χ1) is 11.0. The number of sulfonamides is 1. The topological polar surface area (TPSA) is 76.9 Å². The molecule has 0 aliphatic heterocycles. The summed E-state index contributed by atoms with van der Waals surface area (Å²) in [5.74, 6) is -2.68. The van der Waals surface area contributed by atoms with Gasteiger partial charge in [-0.2, -0.15) is 5.10 Å². The molecule has 2 heterocycles. The van der Waals surface area contributed by atoms with Gasteiger partial charge in [-0.25, -0.2) is 21.9 Å². The highest BCUT2D eigenvalue weighted by Gasteiger charge is 2.23. The minimum absolute atomic E-state index is 0.0832. The molecule has 6 nitrogen and oxygen atoms in total. The lowest BCUT2D eigenvalue weighted by Gasteiger charge is -2.12. The number of anilines is 1. The lowest BCUT2D eigenvalue weighted by atomic mass is 10.3. The van der Waals surface area contributed by atoms with Gasteiger partial charge in [-0.3, -0.25) is 9.71 Å². The number of nitrogens with zero attached hydrogens (tertiary/aromatic N) is 3. The normalized spacial score (nSPS) is 11.4. The molecular weight excluding hydrogens is 326 g/mol. The van der Waals surface area contributed by atoms with Gasteiger partial charge in [-0.05, 0) is 24.3 Å². The Balaban J connectivity index is 2.04. The molecule has 1 aromatic carbocycles. The smallest absolute Gasteiger partial charge is 0.265 e. The quantitative estimate of drug-likeness (QED) is 0.793. The fourth-order valence-electron chi connectivity index (χ4n) is 1.97. The van der Waals surface area contributed by atoms with Crippen LogP contribution in [0.1, 0.15) is 0 Å². The zero-order valence-electron chi connectivity index (χ0n) is 11.5. The molecule has 0 unspecified atom stereocenters. The van der Waals surface area contributed by atoms with E-state index in [4.69, 9.17) is 0 Å². The predicted octanol–water partition coefficient (Wildman–Crippen LogP) is 2.35. The monoisotopic (exact) mass is 336 g/mol. The Morgan fingerprint density at radius 2 is 1.91 bits per heavy atom. The van der Waals surface area contributed by atoms with E-state index < -0.39 is 26.6 Å². The van der Waals surface area contributed by atoms with E-state index in [-0.39, 0.29) is 5.69 Å². The van der Waals surface area contributed by atoms with Gasteiger partial charge in [0.15, 0.2) is 11.6 Å². The van der Waals surface area contributed by atoms with Crippen molar-refractivity contribution in [3.8, 4) is 5.69 Å². The molecule has 1 N–H and O–H groups in total. The SMILES string of the molecule is O=S(=O)(Nc1cnccc1-n1cccn1)c1cccc(F)c1F. The van der Waals surface area contributed by atoms with Crippen molar-refractivity contribution in [3.63, 3.8) is 0 Å². The summed E-state index contributed by atoms with van der Waals surface area (Å²) >= 11 is 0. The maximum absolute atomic E-state index is 13.7. The number of halogens is 2. The Bertz CT molecular complexity index is 943.